The molecule has 5 nitrogen and oxygen atoms in total. The third kappa shape index (κ3) is 2.03. The zero-order chi connectivity index (χ0) is 13.1. The Bertz CT molecular complexity index is 466. The number of methoxy groups -OCH3 is 1. The van der Waals surface area contributed by atoms with Crippen molar-refractivity contribution in [1.82, 2.24) is 0 Å². The molecule has 2 rings (SSSR count). The Morgan fingerprint density at radius 2 is 2.28 bits per heavy atom. The molecule has 1 heterocycles. The van der Waals surface area contributed by atoms with Gasteiger partial charge >= 0.3 is 5.97 Å². The standard InChI is InChI=1S/C13H14O5/c1-3-17-13(15)11-8(14)7-18-10-6-4-5-9(16-2)12(10)11/h4-6,11H,3,7H2,1-2H3. The van der Waals surface area contributed by atoms with Crippen LogP contribution in [0.3, 0.4) is 0 Å². The second-order valence-corrected chi connectivity index (χ2v) is 3.81. The van der Waals surface area contributed by atoms with Crippen molar-refractivity contribution >= 4 is 11.8 Å². The lowest BCUT2D eigenvalue weighted by Crippen LogP contribution is -2.32. The van der Waals surface area contributed by atoms with E-state index in [4.69, 9.17) is 14.2 Å². The first kappa shape index (κ1) is 12.4. The highest BCUT2D eigenvalue weighted by molar-refractivity contribution is 6.07. The number of hydrogen-bond acceptors (Lipinski definition) is 5. The van der Waals surface area contributed by atoms with Crippen LogP contribution in [0, 0.1) is 0 Å². The van der Waals surface area contributed by atoms with Crippen molar-refractivity contribution in [2.45, 2.75) is 12.8 Å². The van der Waals surface area contributed by atoms with Gasteiger partial charge in [0.2, 0.25) is 0 Å². The van der Waals surface area contributed by atoms with Gasteiger partial charge in [-0.15, -0.1) is 0 Å². The van der Waals surface area contributed by atoms with E-state index >= 15 is 0 Å². The SMILES string of the molecule is CCOC(=O)C1C(=O)COc2cccc(OC)c21. The van der Waals surface area contributed by atoms with Gasteiger partial charge in [0.25, 0.3) is 0 Å². The van der Waals surface area contributed by atoms with Gasteiger partial charge < -0.3 is 14.2 Å². The molecule has 0 radical (unpaired) electrons. The topological polar surface area (TPSA) is 61.8 Å². The number of Topliss-reactive ketones (excluding diaryl/α,β-unsaturated/α-hetero) is 1. The molecule has 0 aliphatic carbocycles. The molecule has 1 aromatic rings. The molecule has 0 saturated carbocycles. The van der Waals surface area contributed by atoms with Gasteiger partial charge in [0, 0.05) is 0 Å². The van der Waals surface area contributed by atoms with Crippen molar-refractivity contribution < 1.29 is 23.8 Å². The van der Waals surface area contributed by atoms with E-state index in [2.05, 4.69) is 0 Å². The molecule has 18 heavy (non-hydrogen) atoms. The number of ether oxygens (including phenoxy) is 3. The van der Waals surface area contributed by atoms with Crippen molar-refractivity contribution in [3.63, 3.8) is 0 Å². The monoisotopic (exact) mass is 250 g/mol. The summed E-state index contributed by atoms with van der Waals surface area (Å²) in [6, 6.07) is 5.14. The zero-order valence-corrected chi connectivity index (χ0v) is 10.3. The van der Waals surface area contributed by atoms with E-state index in [1.807, 2.05) is 0 Å². The van der Waals surface area contributed by atoms with Crippen molar-refractivity contribution in [1.29, 1.82) is 0 Å². The van der Waals surface area contributed by atoms with Crippen LogP contribution in [0.1, 0.15) is 18.4 Å². The van der Waals surface area contributed by atoms with Gasteiger partial charge in [-0.05, 0) is 19.1 Å². The number of esters is 1. The molecular formula is C13H14O5. The average molecular weight is 250 g/mol. The number of carbonyl (C=O) groups is 2. The number of benzene rings is 1. The van der Waals surface area contributed by atoms with Crippen LogP contribution in [0.4, 0.5) is 0 Å². The van der Waals surface area contributed by atoms with Crippen LogP contribution in [0.5, 0.6) is 11.5 Å². The van der Waals surface area contributed by atoms with Gasteiger partial charge in [-0.25, -0.2) is 0 Å². The number of carbonyl (C=O) groups excluding carboxylic acids is 2. The van der Waals surface area contributed by atoms with E-state index in [9.17, 15) is 9.59 Å². The van der Waals surface area contributed by atoms with E-state index in [0.29, 0.717) is 17.1 Å². The Balaban J connectivity index is 2.48. The van der Waals surface area contributed by atoms with Gasteiger partial charge in [0.15, 0.2) is 11.7 Å². The van der Waals surface area contributed by atoms with E-state index < -0.39 is 11.9 Å². The molecule has 5 heteroatoms. The van der Waals surface area contributed by atoms with Crippen molar-refractivity contribution in [3.05, 3.63) is 23.8 Å². The third-order valence-electron chi connectivity index (χ3n) is 2.75. The van der Waals surface area contributed by atoms with Crippen LogP contribution in [-0.2, 0) is 14.3 Å². The smallest absolute Gasteiger partial charge is 0.321 e. The second-order valence-electron chi connectivity index (χ2n) is 3.81. The minimum absolute atomic E-state index is 0.121. The predicted molar refractivity (Wildman–Crippen MR) is 62.9 cm³/mol. The van der Waals surface area contributed by atoms with E-state index in [1.165, 1.54) is 7.11 Å². The van der Waals surface area contributed by atoms with Crippen LogP contribution < -0.4 is 9.47 Å². The second kappa shape index (κ2) is 5.08. The summed E-state index contributed by atoms with van der Waals surface area (Å²) in [6.07, 6.45) is 0. The van der Waals surface area contributed by atoms with Crippen LogP contribution in [-0.4, -0.2) is 32.1 Å². The van der Waals surface area contributed by atoms with Crippen molar-refractivity contribution in [2.24, 2.45) is 0 Å². The maximum Gasteiger partial charge on any atom is 0.321 e. The molecule has 1 unspecified atom stereocenters. The molecule has 0 aromatic heterocycles. The van der Waals surface area contributed by atoms with E-state index in [-0.39, 0.29) is 19.0 Å². The average Bonchev–Trinajstić information content (AvgIpc) is 2.38. The summed E-state index contributed by atoms with van der Waals surface area (Å²) < 4.78 is 15.4. The molecule has 0 spiro atoms. The van der Waals surface area contributed by atoms with Gasteiger partial charge in [-0.2, -0.15) is 0 Å². The molecule has 1 atom stereocenters. The molecule has 0 N–H and O–H groups in total. The Labute approximate surface area is 105 Å². The van der Waals surface area contributed by atoms with Gasteiger partial charge in [-0.3, -0.25) is 9.59 Å². The van der Waals surface area contributed by atoms with E-state index in [0.717, 1.165) is 0 Å². The molecule has 0 fully saturated rings. The minimum atomic E-state index is -0.954. The molecule has 1 aliphatic rings. The normalized spacial score (nSPS) is 17.7. The largest absolute Gasteiger partial charge is 0.496 e. The summed E-state index contributed by atoms with van der Waals surface area (Å²) in [6.45, 7) is 1.81. The fourth-order valence-corrected chi connectivity index (χ4v) is 1.98. The highest BCUT2D eigenvalue weighted by Gasteiger charge is 2.38. The van der Waals surface area contributed by atoms with Gasteiger partial charge in [0.1, 0.15) is 18.1 Å². The lowest BCUT2D eigenvalue weighted by molar-refractivity contribution is -0.149. The summed E-state index contributed by atoms with van der Waals surface area (Å²) in [5.74, 6) is -0.877. The van der Waals surface area contributed by atoms with Gasteiger partial charge in [0.05, 0.1) is 19.3 Å². The Kier molecular flexibility index (Phi) is 3.50. The van der Waals surface area contributed by atoms with Gasteiger partial charge in [-0.1, -0.05) is 6.07 Å². The van der Waals surface area contributed by atoms with Crippen LogP contribution in [0.2, 0.25) is 0 Å². The first-order valence-corrected chi connectivity index (χ1v) is 5.68. The molecule has 1 aromatic carbocycles. The first-order valence-electron chi connectivity index (χ1n) is 5.68. The molecule has 0 bridgehead atoms. The van der Waals surface area contributed by atoms with Crippen molar-refractivity contribution in [2.75, 3.05) is 20.3 Å². The lowest BCUT2D eigenvalue weighted by Gasteiger charge is -2.24. The maximum atomic E-state index is 11.9. The number of ketones is 1. The van der Waals surface area contributed by atoms with Crippen LogP contribution in [0.15, 0.2) is 18.2 Å². The highest BCUT2D eigenvalue weighted by Crippen LogP contribution is 2.39. The molecule has 1 aliphatic heterocycles. The Hall–Kier alpha value is -2.04. The minimum Gasteiger partial charge on any atom is -0.496 e. The maximum absolute atomic E-state index is 11.9. The van der Waals surface area contributed by atoms with Crippen LogP contribution in [0.25, 0.3) is 0 Å². The number of rotatable bonds is 3. The molecule has 0 amide bonds. The third-order valence-corrected chi connectivity index (χ3v) is 2.75. The van der Waals surface area contributed by atoms with E-state index in [1.54, 1.807) is 25.1 Å². The fraction of sp³-hybridized carbons (Fsp3) is 0.385. The predicted octanol–water partition coefficient (Wildman–Crippen LogP) is 1.30. The Morgan fingerprint density at radius 3 is 2.94 bits per heavy atom. The quantitative estimate of drug-likeness (QED) is 0.597. The highest BCUT2D eigenvalue weighted by atomic mass is 16.5. The summed E-state index contributed by atoms with van der Waals surface area (Å²) in [7, 11) is 1.48. The molecule has 0 saturated heterocycles. The summed E-state index contributed by atoms with van der Waals surface area (Å²) in [4.78, 5) is 23.7. The molecular weight excluding hydrogens is 236 g/mol. The number of fused-ring (bicyclic) bond motifs is 1. The van der Waals surface area contributed by atoms with Crippen LogP contribution >= 0.6 is 0 Å². The lowest BCUT2D eigenvalue weighted by atomic mass is 9.91. The zero-order valence-electron chi connectivity index (χ0n) is 10.3. The fourth-order valence-electron chi connectivity index (χ4n) is 1.98. The van der Waals surface area contributed by atoms with Crippen molar-refractivity contribution in [3.8, 4) is 11.5 Å². The Morgan fingerprint density at radius 1 is 1.50 bits per heavy atom. The summed E-state index contributed by atoms with van der Waals surface area (Å²) in [5, 5.41) is 0. The molecule has 96 valence electrons. The summed E-state index contributed by atoms with van der Waals surface area (Å²) in [5.41, 5.74) is 0.453. The first-order chi connectivity index (χ1) is 8.69. The summed E-state index contributed by atoms with van der Waals surface area (Å²) >= 11 is 0. The number of hydrogen-bond donors (Lipinski definition) is 0.